The second-order valence-electron chi connectivity index (χ2n) is 9.04. The van der Waals surface area contributed by atoms with Crippen LogP contribution >= 0.6 is 0 Å². The van der Waals surface area contributed by atoms with Crippen LogP contribution in [-0.4, -0.2) is 33.0 Å². The number of H-pyrrole nitrogens is 2. The molecule has 0 radical (unpaired) electrons. The fraction of sp³-hybridized carbons (Fsp3) is 0.385. The van der Waals surface area contributed by atoms with Crippen molar-refractivity contribution < 1.29 is 0 Å². The van der Waals surface area contributed by atoms with Gasteiger partial charge in [-0.25, -0.2) is 9.97 Å². The molecule has 0 bridgehead atoms. The summed E-state index contributed by atoms with van der Waals surface area (Å²) in [4.78, 5) is 15.7. The minimum atomic E-state index is 0.308. The number of hydrogen-bond acceptors (Lipinski definition) is 4. The molecule has 6 heteroatoms. The Labute approximate surface area is 189 Å². The van der Waals surface area contributed by atoms with Crippen LogP contribution in [0.4, 0.5) is 0 Å². The molecule has 2 aliphatic rings. The second-order valence-corrected chi connectivity index (χ2v) is 9.04. The zero-order chi connectivity index (χ0) is 21.9. The summed E-state index contributed by atoms with van der Waals surface area (Å²) < 4.78 is 0. The van der Waals surface area contributed by atoms with Crippen molar-refractivity contribution in [2.24, 2.45) is 11.8 Å². The Morgan fingerprint density at radius 1 is 0.688 bits per heavy atom. The van der Waals surface area contributed by atoms with Gasteiger partial charge in [0.25, 0.3) is 0 Å². The molecule has 0 unspecified atom stereocenters. The molecule has 1 aromatic carbocycles. The lowest BCUT2D eigenvalue weighted by atomic mass is 10.1. The van der Waals surface area contributed by atoms with Crippen LogP contribution in [0.5, 0.6) is 0 Å². The lowest BCUT2D eigenvalue weighted by molar-refractivity contribution is 0.587. The third kappa shape index (κ3) is 4.78. The third-order valence-corrected chi connectivity index (χ3v) is 6.12. The van der Waals surface area contributed by atoms with Crippen molar-refractivity contribution in [1.82, 2.24) is 30.6 Å². The van der Waals surface area contributed by atoms with Crippen molar-refractivity contribution in [3.63, 3.8) is 0 Å². The molecule has 2 aromatic heterocycles. The molecule has 2 fully saturated rings. The van der Waals surface area contributed by atoms with Gasteiger partial charge in [-0.15, -0.1) is 0 Å². The Morgan fingerprint density at radius 3 is 1.50 bits per heavy atom. The summed E-state index contributed by atoms with van der Waals surface area (Å²) in [6, 6.07) is 8.60. The minimum absolute atomic E-state index is 0.308. The normalized spacial score (nSPS) is 24.6. The monoisotopic (exact) mass is 424 g/mol. The van der Waals surface area contributed by atoms with Crippen molar-refractivity contribution in [1.29, 1.82) is 0 Å². The molecular formula is C26H28N6. The molecular weight excluding hydrogens is 396 g/mol. The summed E-state index contributed by atoms with van der Waals surface area (Å²) in [7, 11) is 0. The van der Waals surface area contributed by atoms with Gasteiger partial charge >= 0.3 is 0 Å². The first-order valence-corrected chi connectivity index (χ1v) is 11.3. The predicted octanol–water partition coefficient (Wildman–Crippen LogP) is 3.27. The molecule has 32 heavy (non-hydrogen) atoms. The van der Waals surface area contributed by atoms with Crippen molar-refractivity contribution in [3.05, 3.63) is 70.8 Å². The quantitative estimate of drug-likeness (QED) is 0.476. The number of benzene rings is 1. The number of hydrogen-bond donors (Lipinski definition) is 4. The van der Waals surface area contributed by atoms with E-state index in [0.29, 0.717) is 23.9 Å². The number of rotatable bonds is 2. The third-order valence-electron chi connectivity index (χ3n) is 6.12. The molecule has 0 aliphatic carbocycles. The Kier molecular flexibility index (Phi) is 5.81. The van der Waals surface area contributed by atoms with Crippen LogP contribution < -0.4 is 10.6 Å². The smallest absolute Gasteiger partial charge is 0.124 e. The van der Waals surface area contributed by atoms with Crippen LogP contribution in [0.3, 0.4) is 0 Å². The lowest BCUT2D eigenvalue weighted by Crippen LogP contribution is -2.14. The van der Waals surface area contributed by atoms with Gasteiger partial charge in [0, 0.05) is 11.1 Å². The first kappa shape index (κ1) is 20.6. The van der Waals surface area contributed by atoms with Crippen molar-refractivity contribution in [2.45, 2.75) is 38.8 Å². The van der Waals surface area contributed by atoms with Crippen LogP contribution in [0.15, 0.2) is 36.7 Å². The Morgan fingerprint density at radius 2 is 1.12 bits per heavy atom. The molecule has 2 aliphatic heterocycles. The van der Waals surface area contributed by atoms with E-state index in [-0.39, 0.29) is 0 Å². The van der Waals surface area contributed by atoms with Gasteiger partial charge in [-0.05, 0) is 73.9 Å². The van der Waals surface area contributed by atoms with Crippen molar-refractivity contribution >= 4 is 0 Å². The molecule has 2 saturated heterocycles. The van der Waals surface area contributed by atoms with Crippen molar-refractivity contribution in [2.75, 3.05) is 13.1 Å². The zero-order valence-electron chi connectivity index (χ0n) is 18.5. The van der Waals surface area contributed by atoms with Crippen LogP contribution in [0.1, 0.15) is 72.9 Å². The minimum Gasteiger partial charge on any atom is -0.334 e. The summed E-state index contributed by atoms with van der Waals surface area (Å²) in [5.41, 5.74) is 3.58. The van der Waals surface area contributed by atoms with E-state index in [1.807, 2.05) is 36.7 Å². The molecule has 0 amide bonds. The van der Waals surface area contributed by atoms with Crippen LogP contribution in [0.25, 0.3) is 0 Å². The maximum absolute atomic E-state index is 4.49. The Hall–Kier alpha value is -3.32. The molecule has 162 valence electrons. The molecule has 0 spiro atoms. The average Bonchev–Trinajstić information content (AvgIpc) is 3.59. The number of aromatic amines is 2. The highest BCUT2D eigenvalue weighted by Gasteiger charge is 2.24. The van der Waals surface area contributed by atoms with E-state index >= 15 is 0 Å². The van der Waals surface area contributed by atoms with Gasteiger partial charge in [-0.3, -0.25) is 0 Å². The SMILES string of the molecule is C[C@@H]1CN[C@H](c2ncc(C#Cc3ccc(C#Cc4cnc([C@@H]5C[C@@H](C)CN5)[nH]4)cc3)[nH]2)C1. The average molecular weight is 425 g/mol. The van der Waals surface area contributed by atoms with E-state index in [4.69, 9.17) is 0 Å². The molecule has 6 nitrogen and oxygen atoms in total. The zero-order valence-corrected chi connectivity index (χ0v) is 18.5. The van der Waals surface area contributed by atoms with E-state index in [2.05, 4.69) is 68.1 Å². The summed E-state index contributed by atoms with van der Waals surface area (Å²) >= 11 is 0. The van der Waals surface area contributed by atoms with E-state index in [0.717, 1.165) is 60.1 Å². The van der Waals surface area contributed by atoms with Gasteiger partial charge in [-0.1, -0.05) is 25.7 Å². The molecule has 4 atom stereocenters. The number of imidazole rings is 2. The molecule has 4 heterocycles. The topological polar surface area (TPSA) is 81.4 Å². The highest BCUT2D eigenvalue weighted by molar-refractivity contribution is 5.46. The van der Waals surface area contributed by atoms with Crippen LogP contribution in [0, 0.1) is 35.5 Å². The van der Waals surface area contributed by atoms with Crippen molar-refractivity contribution in [3.8, 4) is 23.7 Å². The van der Waals surface area contributed by atoms with E-state index in [1.165, 1.54) is 0 Å². The van der Waals surface area contributed by atoms with E-state index in [9.17, 15) is 0 Å². The maximum Gasteiger partial charge on any atom is 0.124 e. The van der Waals surface area contributed by atoms with Gasteiger partial charge < -0.3 is 20.6 Å². The lowest BCUT2D eigenvalue weighted by Gasteiger charge is -2.05. The van der Waals surface area contributed by atoms with Gasteiger partial charge in [0.05, 0.1) is 24.5 Å². The van der Waals surface area contributed by atoms with E-state index < -0.39 is 0 Å². The van der Waals surface area contributed by atoms with Gasteiger partial charge in [0.15, 0.2) is 0 Å². The maximum atomic E-state index is 4.49. The van der Waals surface area contributed by atoms with Crippen LogP contribution in [-0.2, 0) is 0 Å². The summed E-state index contributed by atoms with van der Waals surface area (Å²) in [5, 5.41) is 6.99. The summed E-state index contributed by atoms with van der Waals surface area (Å²) in [5.74, 6) is 16.1. The molecule has 3 aromatic rings. The fourth-order valence-corrected chi connectivity index (χ4v) is 4.31. The van der Waals surface area contributed by atoms with Gasteiger partial charge in [-0.2, -0.15) is 0 Å². The molecule has 4 N–H and O–H groups in total. The predicted molar refractivity (Wildman–Crippen MR) is 125 cm³/mol. The number of aromatic nitrogens is 4. The largest absolute Gasteiger partial charge is 0.334 e. The molecule has 0 saturated carbocycles. The van der Waals surface area contributed by atoms with Crippen LogP contribution in [0.2, 0.25) is 0 Å². The highest BCUT2D eigenvalue weighted by Crippen LogP contribution is 2.25. The summed E-state index contributed by atoms with van der Waals surface area (Å²) in [6.45, 7) is 6.59. The Bertz CT molecular complexity index is 1100. The molecule has 5 rings (SSSR count). The van der Waals surface area contributed by atoms with Gasteiger partial charge in [0.2, 0.25) is 0 Å². The second kappa shape index (κ2) is 9.04. The number of nitrogens with one attached hydrogen (secondary N) is 4. The van der Waals surface area contributed by atoms with E-state index in [1.54, 1.807) is 0 Å². The highest BCUT2D eigenvalue weighted by atomic mass is 15.0. The first-order valence-electron chi connectivity index (χ1n) is 11.3. The standard InChI is InChI=1S/C26H28N6/c1-17-11-23(27-13-17)25-29-15-21(31-25)9-7-19-3-5-20(6-4-19)8-10-22-16-30-26(32-22)24-12-18(2)14-28-24/h3-6,15-18,23-24,27-28H,11-14H2,1-2H3,(H,29,31)(H,30,32)/t17-,18+,23-,24-/m0/s1. The summed E-state index contributed by atoms with van der Waals surface area (Å²) in [6.07, 6.45) is 5.85. The Balaban J connectivity index is 1.21. The van der Waals surface area contributed by atoms with Gasteiger partial charge in [0.1, 0.15) is 23.0 Å². The number of nitrogens with zero attached hydrogens (tertiary/aromatic N) is 2. The fourth-order valence-electron chi connectivity index (χ4n) is 4.31. The first-order chi connectivity index (χ1) is 15.6.